The molecule has 0 radical (unpaired) electrons. The normalized spacial score (nSPS) is 12.0. The molecule has 0 aliphatic heterocycles. The van der Waals surface area contributed by atoms with Crippen LogP contribution >= 0.6 is 23.2 Å². The Labute approximate surface area is 197 Å². The molecule has 0 amide bonds. The van der Waals surface area contributed by atoms with Crippen LogP contribution in [0.3, 0.4) is 0 Å². The lowest BCUT2D eigenvalue weighted by molar-refractivity contribution is 0.457. The number of anilines is 1. The predicted molar refractivity (Wildman–Crippen MR) is 125 cm³/mol. The molecule has 170 valence electrons. The molecule has 0 aliphatic carbocycles. The highest BCUT2D eigenvalue weighted by Gasteiger charge is 2.24. The number of aromatic hydroxyl groups is 1. The van der Waals surface area contributed by atoms with Gasteiger partial charge in [-0.1, -0.05) is 47.5 Å². The average Bonchev–Trinajstić information content (AvgIpc) is 2.72. The minimum Gasteiger partial charge on any atom is -0.507 e. The van der Waals surface area contributed by atoms with Gasteiger partial charge in [0.25, 0.3) is 10.0 Å². The van der Waals surface area contributed by atoms with Crippen molar-refractivity contribution in [3.63, 3.8) is 0 Å². The van der Waals surface area contributed by atoms with E-state index in [9.17, 15) is 21.9 Å². The molecule has 3 aromatic carbocycles. The Balaban J connectivity index is 1.84. The van der Waals surface area contributed by atoms with E-state index in [2.05, 4.69) is 9.44 Å². The number of hydrogen-bond acceptors (Lipinski definition) is 5. The Hall–Kier alpha value is -2.30. The molecule has 7 nitrogen and oxygen atoms in total. The first-order valence-electron chi connectivity index (χ1n) is 9.35. The number of halogens is 2. The number of nitrogens with one attached hydrogen (secondary N) is 2. The minimum atomic E-state index is -4.20. The van der Waals surface area contributed by atoms with Gasteiger partial charge >= 0.3 is 0 Å². The van der Waals surface area contributed by atoms with E-state index < -0.39 is 30.7 Å². The molecule has 0 spiro atoms. The molecule has 0 aromatic heterocycles. The molecule has 0 heterocycles. The maximum Gasteiger partial charge on any atom is 0.261 e. The van der Waals surface area contributed by atoms with Crippen molar-refractivity contribution in [3.8, 4) is 5.75 Å². The summed E-state index contributed by atoms with van der Waals surface area (Å²) in [5.41, 5.74) is 1.52. The SMILES string of the molecule is Cc1c(Cl)cccc1NS(=O)(=O)c1ccc(O)c(S(=O)(=O)NCCc2ccccc2Cl)c1. The number of phenolic OH excluding ortho intramolecular Hbond substituents is 1. The fourth-order valence-corrected chi connectivity index (χ4v) is 5.68. The van der Waals surface area contributed by atoms with Crippen LogP contribution in [0.4, 0.5) is 5.69 Å². The molecule has 0 aliphatic rings. The lowest BCUT2D eigenvalue weighted by atomic mass is 10.1. The van der Waals surface area contributed by atoms with E-state index in [1.165, 1.54) is 6.07 Å². The summed E-state index contributed by atoms with van der Waals surface area (Å²) in [6, 6.07) is 14.8. The lowest BCUT2D eigenvalue weighted by Crippen LogP contribution is -2.26. The van der Waals surface area contributed by atoms with E-state index in [0.717, 1.165) is 23.8 Å². The van der Waals surface area contributed by atoms with Crippen LogP contribution in [0, 0.1) is 6.92 Å². The van der Waals surface area contributed by atoms with Gasteiger partial charge in [-0.15, -0.1) is 0 Å². The molecule has 3 rings (SSSR count). The Bertz CT molecular complexity index is 1360. The molecular formula is C21H20Cl2N2O5S2. The van der Waals surface area contributed by atoms with Gasteiger partial charge in [-0.3, -0.25) is 4.72 Å². The smallest absolute Gasteiger partial charge is 0.261 e. The topological polar surface area (TPSA) is 113 Å². The van der Waals surface area contributed by atoms with E-state index in [1.54, 1.807) is 43.3 Å². The summed E-state index contributed by atoms with van der Waals surface area (Å²) < 4.78 is 55.9. The summed E-state index contributed by atoms with van der Waals surface area (Å²) in [5.74, 6) is -0.576. The summed E-state index contributed by atoms with van der Waals surface area (Å²) in [7, 11) is -8.35. The standard InChI is InChI=1S/C21H20Cl2N2O5S2/c1-14-17(22)7-4-8-19(14)25-31(27,28)16-9-10-20(26)21(13-16)32(29,30)24-12-11-15-5-2-3-6-18(15)23/h2-10,13,24-26H,11-12H2,1H3. The molecule has 0 saturated heterocycles. The Morgan fingerprint density at radius 1 is 0.875 bits per heavy atom. The summed E-state index contributed by atoms with van der Waals surface area (Å²) in [6.07, 6.45) is 0.313. The zero-order chi connectivity index (χ0) is 23.5. The van der Waals surface area contributed by atoms with E-state index in [-0.39, 0.29) is 17.1 Å². The van der Waals surface area contributed by atoms with Crippen molar-refractivity contribution in [3.05, 3.63) is 81.8 Å². The Kier molecular flexibility index (Phi) is 7.36. The van der Waals surface area contributed by atoms with Gasteiger partial charge in [0.15, 0.2) is 0 Å². The summed E-state index contributed by atoms with van der Waals surface area (Å²) in [5, 5.41) is 11.0. The van der Waals surface area contributed by atoms with E-state index >= 15 is 0 Å². The first-order valence-corrected chi connectivity index (χ1v) is 13.1. The molecule has 0 atom stereocenters. The van der Waals surface area contributed by atoms with Crippen LogP contribution in [0.15, 0.2) is 70.5 Å². The highest BCUT2D eigenvalue weighted by Crippen LogP contribution is 2.29. The van der Waals surface area contributed by atoms with Crippen molar-refractivity contribution in [2.75, 3.05) is 11.3 Å². The molecule has 32 heavy (non-hydrogen) atoms. The number of benzene rings is 3. The monoisotopic (exact) mass is 514 g/mol. The van der Waals surface area contributed by atoms with Gasteiger partial charge in [0.2, 0.25) is 10.0 Å². The van der Waals surface area contributed by atoms with E-state index in [4.69, 9.17) is 23.2 Å². The quantitative estimate of drug-likeness (QED) is 0.414. The summed E-state index contributed by atoms with van der Waals surface area (Å²) >= 11 is 12.1. The van der Waals surface area contributed by atoms with Crippen LogP contribution in [0.1, 0.15) is 11.1 Å². The third-order valence-corrected chi connectivity index (χ3v) is 8.32. The molecule has 3 N–H and O–H groups in total. The zero-order valence-electron chi connectivity index (χ0n) is 16.8. The third kappa shape index (κ3) is 5.54. The van der Waals surface area contributed by atoms with Gasteiger partial charge < -0.3 is 5.11 Å². The highest BCUT2D eigenvalue weighted by molar-refractivity contribution is 7.93. The van der Waals surface area contributed by atoms with Crippen LogP contribution in [0.5, 0.6) is 5.75 Å². The summed E-state index contributed by atoms with van der Waals surface area (Å²) in [4.78, 5) is -0.886. The second-order valence-corrected chi connectivity index (χ2v) is 11.1. The Morgan fingerprint density at radius 2 is 1.56 bits per heavy atom. The highest BCUT2D eigenvalue weighted by atomic mass is 35.5. The zero-order valence-corrected chi connectivity index (χ0v) is 20.0. The maximum absolute atomic E-state index is 12.8. The van der Waals surface area contributed by atoms with Gasteiger partial charge in [0.1, 0.15) is 10.6 Å². The van der Waals surface area contributed by atoms with Crippen molar-refractivity contribution < 1.29 is 21.9 Å². The molecule has 3 aromatic rings. The first-order chi connectivity index (χ1) is 15.0. The van der Waals surface area contributed by atoms with E-state index in [0.29, 0.717) is 22.0 Å². The number of phenols is 1. The predicted octanol–water partition coefficient (Wildman–Crippen LogP) is 4.33. The van der Waals surface area contributed by atoms with Crippen molar-refractivity contribution in [2.24, 2.45) is 0 Å². The van der Waals surface area contributed by atoms with Crippen LogP contribution < -0.4 is 9.44 Å². The number of hydrogen-bond donors (Lipinski definition) is 3. The fourth-order valence-electron chi connectivity index (χ4n) is 2.90. The molecule has 0 bridgehead atoms. The van der Waals surface area contributed by atoms with Crippen molar-refractivity contribution in [1.82, 2.24) is 4.72 Å². The van der Waals surface area contributed by atoms with Gasteiger partial charge in [0.05, 0.1) is 10.6 Å². The molecule has 11 heteroatoms. The molecule has 0 fully saturated rings. The van der Waals surface area contributed by atoms with Crippen LogP contribution in [0.25, 0.3) is 0 Å². The van der Waals surface area contributed by atoms with Crippen LogP contribution in [0.2, 0.25) is 10.0 Å². The van der Waals surface area contributed by atoms with Gasteiger partial charge in [-0.05, 0) is 60.9 Å². The fraction of sp³-hybridized carbons (Fsp3) is 0.143. The van der Waals surface area contributed by atoms with Gasteiger partial charge in [-0.2, -0.15) is 0 Å². The van der Waals surface area contributed by atoms with Crippen LogP contribution in [-0.2, 0) is 26.5 Å². The molecule has 0 saturated carbocycles. The number of rotatable bonds is 8. The third-order valence-electron chi connectivity index (χ3n) is 4.69. The largest absolute Gasteiger partial charge is 0.507 e. The lowest BCUT2D eigenvalue weighted by Gasteiger charge is -2.13. The average molecular weight is 515 g/mol. The second-order valence-electron chi connectivity index (χ2n) is 6.89. The Morgan fingerprint density at radius 3 is 2.28 bits per heavy atom. The molecular weight excluding hydrogens is 495 g/mol. The second kappa shape index (κ2) is 9.68. The van der Waals surface area contributed by atoms with Crippen LogP contribution in [-0.4, -0.2) is 28.5 Å². The van der Waals surface area contributed by atoms with Crippen molar-refractivity contribution >= 4 is 48.9 Å². The number of sulfonamides is 2. The van der Waals surface area contributed by atoms with Gasteiger partial charge in [0, 0.05) is 16.6 Å². The summed E-state index contributed by atoms with van der Waals surface area (Å²) in [6.45, 7) is 1.65. The van der Waals surface area contributed by atoms with Crippen molar-refractivity contribution in [2.45, 2.75) is 23.1 Å². The van der Waals surface area contributed by atoms with Crippen molar-refractivity contribution in [1.29, 1.82) is 0 Å². The van der Waals surface area contributed by atoms with E-state index in [1.807, 2.05) is 0 Å². The minimum absolute atomic E-state index is 0.00242. The van der Waals surface area contributed by atoms with Gasteiger partial charge in [-0.25, -0.2) is 21.6 Å². The maximum atomic E-state index is 12.8. The first kappa shape index (κ1) is 24.3. The molecule has 0 unspecified atom stereocenters.